The zero-order valence-corrected chi connectivity index (χ0v) is 13.1. The van der Waals surface area contributed by atoms with E-state index < -0.39 is 0 Å². The number of amides is 1. The predicted molar refractivity (Wildman–Crippen MR) is 83.5 cm³/mol. The highest BCUT2D eigenvalue weighted by Crippen LogP contribution is 2.19. The molecule has 2 atom stereocenters. The molecule has 2 rings (SSSR count). The van der Waals surface area contributed by atoms with Gasteiger partial charge in [0.25, 0.3) is 5.91 Å². The minimum absolute atomic E-state index is 0.171. The number of nitrogens with one attached hydrogen (secondary N) is 2. The fourth-order valence-electron chi connectivity index (χ4n) is 2.63. The first-order valence-electron chi connectivity index (χ1n) is 7.81. The van der Waals surface area contributed by atoms with Gasteiger partial charge in [-0.1, -0.05) is 13.8 Å². The van der Waals surface area contributed by atoms with E-state index in [0.717, 1.165) is 31.7 Å². The number of carbonyl (C=O) groups is 1. The zero-order chi connectivity index (χ0) is 15.2. The quantitative estimate of drug-likeness (QED) is 0.853. The predicted octanol–water partition coefficient (Wildman–Crippen LogP) is 1.19. The molecule has 0 spiro atoms. The van der Waals surface area contributed by atoms with Crippen LogP contribution < -0.4 is 15.5 Å². The molecule has 0 bridgehead atoms. The van der Waals surface area contributed by atoms with Crippen LogP contribution in [0.5, 0.6) is 0 Å². The van der Waals surface area contributed by atoms with Gasteiger partial charge in [0.05, 0.1) is 0 Å². The van der Waals surface area contributed by atoms with Gasteiger partial charge in [0, 0.05) is 31.7 Å². The molecule has 1 aliphatic rings. The summed E-state index contributed by atoms with van der Waals surface area (Å²) >= 11 is 0. The topological polar surface area (TPSA) is 70.2 Å². The van der Waals surface area contributed by atoms with Gasteiger partial charge in [0.15, 0.2) is 11.5 Å². The summed E-state index contributed by atoms with van der Waals surface area (Å²) in [7, 11) is 0. The van der Waals surface area contributed by atoms with Crippen LogP contribution in [-0.4, -0.2) is 47.8 Å². The second-order valence-electron chi connectivity index (χ2n) is 5.36. The van der Waals surface area contributed by atoms with E-state index in [1.54, 1.807) is 6.07 Å². The van der Waals surface area contributed by atoms with Gasteiger partial charge in [-0.05, 0) is 31.9 Å². The Kier molecular flexibility index (Phi) is 5.50. The number of piperazine rings is 1. The van der Waals surface area contributed by atoms with Crippen molar-refractivity contribution in [1.29, 1.82) is 0 Å². The van der Waals surface area contributed by atoms with Crippen LogP contribution in [0.3, 0.4) is 0 Å². The van der Waals surface area contributed by atoms with Crippen LogP contribution in [0, 0.1) is 0 Å². The van der Waals surface area contributed by atoms with Gasteiger partial charge < -0.3 is 15.5 Å². The first kappa shape index (κ1) is 15.7. The standard InChI is InChI=1S/C15H25N5O/c1-4-11-10-20(12(5-2)9-17-11)14-8-7-13(18-19-14)15(21)16-6-3/h7-8,11-12,17H,4-6,9-10H2,1-3H3,(H,16,21). The molecule has 0 aliphatic carbocycles. The molecule has 2 N–H and O–H groups in total. The first-order chi connectivity index (χ1) is 10.2. The van der Waals surface area contributed by atoms with Gasteiger partial charge >= 0.3 is 0 Å². The molecule has 6 nitrogen and oxygen atoms in total. The Morgan fingerprint density at radius 3 is 2.71 bits per heavy atom. The van der Waals surface area contributed by atoms with Crippen molar-refractivity contribution in [3.8, 4) is 0 Å². The lowest BCUT2D eigenvalue weighted by molar-refractivity contribution is 0.0950. The molecule has 1 fully saturated rings. The Labute approximate surface area is 126 Å². The second-order valence-corrected chi connectivity index (χ2v) is 5.36. The van der Waals surface area contributed by atoms with Gasteiger partial charge in [-0.25, -0.2) is 0 Å². The molecule has 21 heavy (non-hydrogen) atoms. The number of hydrogen-bond donors (Lipinski definition) is 2. The molecule has 2 unspecified atom stereocenters. The zero-order valence-electron chi connectivity index (χ0n) is 13.1. The maximum atomic E-state index is 11.7. The molecule has 0 saturated carbocycles. The van der Waals surface area contributed by atoms with Crippen LogP contribution in [0.4, 0.5) is 5.82 Å². The van der Waals surface area contributed by atoms with Crippen LogP contribution in [0.2, 0.25) is 0 Å². The van der Waals surface area contributed by atoms with Crippen LogP contribution in [-0.2, 0) is 0 Å². The summed E-state index contributed by atoms with van der Waals surface area (Å²) in [5.41, 5.74) is 0.371. The number of aromatic nitrogens is 2. The molecule has 1 amide bonds. The highest BCUT2D eigenvalue weighted by atomic mass is 16.1. The van der Waals surface area contributed by atoms with Gasteiger partial charge in [0.2, 0.25) is 0 Å². The molecule has 2 heterocycles. The average Bonchev–Trinajstić information content (AvgIpc) is 2.54. The molecule has 6 heteroatoms. The molecule has 0 radical (unpaired) electrons. The van der Waals surface area contributed by atoms with Crippen LogP contribution in [0.15, 0.2) is 12.1 Å². The Morgan fingerprint density at radius 1 is 1.33 bits per heavy atom. The lowest BCUT2D eigenvalue weighted by Crippen LogP contribution is -2.56. The summed E-state index contributed by atoms with van der Waals surface area (Å²) in [6, 6.07) is 4.57. The van der Waals surface area contributed by atoms with Crippen molar-refractivity contribution in [2.24, 2.45) is 0 Å². The van der Waals surface area contributed by atoms with Crippen molar-refractivity contribution in [1.82, 2.24) is 20.8 Å². The molecular weight excluding hydrogens is 266 g/mol. The van der Waals surface area contributed by atoms with Crippen molar-refractivity contribution in [2.45, 2.75) is 45.7 Å². The molecule has 116 valence electrons. The van der Waals surface area contributed by atoms with E-state index in [-0.39, 0.29) is 5.91 Å². The van der Waals surface area contributed by atoms with Crippen LogP contribution >= 0.6 is 0 Å². The van der Waals surface area contributed by atoms with E-state index >= 15 is 0 Å². The van der Waals surface area contributed by atoms with E-state index in [1.807, 2.05) is 13.0 Å². The van der Waals surface area contributed by atoms with Crippen LogP contribution in [0.1, 0.15) is 44.1 Å². The van der Waals surface area contributed by atoms with Crippen LogP contribution in [0.25, 0.3) is 0 Å². The SMILES string of the molecule is CCNC(=O)c1ccc(N2CC(CC)NCC2CC)nn1. The van der Waals surface area contributed by atoms with Gasteiger partial charge in [-0.15, -0.1) is 10.2 Å². The van der Waals surface area contributed by atoms with Crippen molar-refractivity contribution < 1.29 is 4.79 Å². The monoisotopic (exact) mass is 291 g/mol. The first-order valence-corrected chi connectivity index (χ1v) is 7.81. The number of carbonyl (C=O) groups excluding carboxylic acids is 1. The lowest BCUT2D eigenvalue weighted by atomic mass is 10.1. The number of anilines is 1. The minimum atomic E-state index is -0.171. The number of nitrogens with zero attached hydrogens (tertiary/aromatic N) is 3. The maximum Gasteiger partial charge on any atom is 0.271 e. The molecule has 1 aromatic heterocycles. The molecule has 1 aromatic rings. The van der Waals surface area contributed by atoms with Gasteiger partial charge in [-0.3, -0.25) is 4.79 Å². The summed E-state index contributed by atoms with van der Waals surface area (Å²) in [5.74, 6) is 0.685. The summed E-state index contributed by atoms with van der Waals surface area (Å²) in [6.45, 7) is 8.75. The number of hydrogen-bond acceptors (Lipinski definition) is 5. The highest BCUT2D eigenvalue weighted by molar-refractivity contribution is 5.92. The van der Waals surface area contributed by atoms with E-state index in [2.05, 4.69) is 39.6 Å². The van der Waals surface area contributed by atoms with Crippen molar-refractivity contribution >= 4 is 11.7 Å². The third-order valence-corrected chi connectivity index (χ3v) is 3.98. The van der Waals surface area contributed by atoms with Gasteiger partial charge in [0.1, 0.15) is 0 Å². The number of rotatable bonds is 5. The Bertz CT molecular complexity index is 462. The third kappa shape index (κ3) is 3.69. The Balaban J connectivity index is 2.13. The lowest BCUT2D eigenvalue weighted by Gasteiger charge is -2.40. The van der Waals surface area contributed by atoms with Crippen molar-refractivity contribution in [2.75, 3.05) is 24.5 Å². The molecular formula is C15H25N5O. The third-order valence-electron chi connectivity index (χ3n) is 3.98. The minimum Gasteiger partial charge on any atom is -0.351 e. The van der Waals surface area contributed by atoms with E-state index in [4.69, 9.17) is 0 Å². The average molecular weight is 291 g/mol. The summed E-state index contributed by atoms with van der Waals surface area (Å²) < 4.78 is 0. The van der Waals surface area contributed by atoms with Gasteiger partial charge in [-0.2, -0.15) is 0 Å². The fourth-order valence-corrected chi connectivity index (χ4v) is 2.63. The smallest absolute Gasteiger partial charge is 0.271 e. The second kappa shape index (κ2) is 7.36. The molecule has 0 aromatic carbocycles. The Morgan fingerprint density at radius 2 is 2.14 bits per heavy atom. The summed E-state index contributed by atoms with van der Waals surface area (Å²) in [4.78, 5) is 14.0. The van der Waals surface area contributed by atoms with E-state index in [9.17, 15) is 4.79 Å². The summed E-state index contributed by atoms with van der Waals surface area (Å²) in [5, 5.41) is 14.6. The van der Waals surface area contributed by atoms with E-state index in [0.29, 0.717) is 24.3 Å². The normalized spacial score (nSPS) is 22.1. The Hall–Kier alpha value is -1.69. The maximum absolute atomic E-state index is 11.7. The molecule has 1 saturated heterocycles. The largest absolute Gasteiger partial charge is 0.351 e. The fraction of sp³-hybridized carbons (Fsp3) is 0.667. The van der Waals surface area contributed by atoms with E-state index in [1.165, 1.54) is 0 Å². The highest BCUT2D eigenvalue weighted by Gasteiger charge is 2.27. The summed E-state index contributed by atoms with van der Waals surface area (Å²) in [6.07, 6.45) is 2.15. The molecule has 1 aliphatic heterocycles. The van der Waals surface area contributed by atoms with Crippen molar-refractivity contribution in [3.05, 3.63) is 17.8 Å². The van der Waals surface area contributed by atoms with Crippen molar-refractivity contribution in [3.63, 3.8) is 0 Å².